The number of carbonyl (C=O) groups is 1. The van der Waals surface area contributed by atoms with Gasteiger partial charge in [-0.15, -0.1) is 11.3 Å². The van der Waals surface area contributed by atoms with Crippen LogP contribution in [0.3, 0.4) is 0 Å². The van der Waals surface area contributed by atoms with Gasteiger partial charge in [0.25, 0.3) is 10.0 Å². The summed E-state index contributed by atoms with van der Waals surface area (Å²) in [6.45, 7) is 13.3. The van der Waals surface area contributed by atoms with Gasteiger partial charge >= 0.3 is 0 Å². The molecular formula is C17H31N3O3S2. The van der Waals surface area contributed by atoms with E-state index in [4.69, 9.17) is 0 Å². The second-order valence-corrected chi connectivity index (χ2v) is 9.88. The zero-order chi connectivity index (χ0) is 19.2. The van der Waals surface area contributed by atoms with Crippen LogP contribution < -0.4 is 10.0 Å². The fourth-order valence-electron chi connectivity index (χ4n) is 2.66. The molecule has 0 saturated heterocycles. The lowest BCUT2D eigenvalue weighted by Crippen LogP contribution is -2.51. The van der Waals surface area contributed by atoms with Gasteiger partial charge in [0.2, 0.25) is 5.91 Å². The molecule has 2 N–H and O–H groups in total. The van der Waals surface area contributed by atoms with Crippen LogP contribution in [-0.4, -0.2) is 50.4 Å². The summed E-state index contributed by atoms with van der Waals surface area (Å²) in [4.78, 5) is 14.8. The van der Waals surface area contributed by atoms with Crippen molar-refractivity contribution in [1.29, 1.82) is 0 Å². The Morgan fingerprint density at radius 3 is 2.20 bits per heavy atom. The predicted octanol–water partition coefficient (Wildman–Crippen LogP) is 2.29. The Bertz CT molecular complexity index is 618. The van der Waals surface area contributed by atoms with Gasteiger partial charge in [0.05, 0.1) is 0 Å². The van der Waals surface area contributed by atoms with Crippen molar-refractivity contribution in [3.63, 3.8) is 0 Å². The summed E-state index contributed by atoms with van der Waals surface area (Å²) in [6, 6.07) is 3.19. The number of hydrogen-bond donors (Lipinski definition) is 2. The van der Waals surface area contributed by atoms with Gasteiger partial charge in [0, 0.05) is 25.2 Å². The minimum Gasteiger partial charge on any atom is -0.353 e. The first-order chi connectivity index (χ1) is 11.6. The second kappa shape index (κ2) is 9.66. The van der Waals surface area contributed by atoms with Crippen LogP contribution in [0.15, 0.2) is 21.7 Å². The van der Waals surface area contributed by atoms with Crippen LogP contribution in [0.2, 0.25) is 0 Å². The number of sulfonamides is 1. The van der Waals surface area contributed by atoms with Crippen LogP contribution in [0.5, 0.6) is 0 Å². The monoisotopic (exact) mass is 389 g/mol. The van der Waals surface area contributed by atoms with Crippen molar-refractivity contribution in [2.24, 2.45) is 5.92 Å². The van der Waals surface area contributed by atoms with Crippen molar-refractivity contribution < 1.29 is 13.2 Å². The van der Waals surface area contributed by atoms with E-state index >= 15 is 0 Å². The highest BCUT2D eigenvalue weighted by Crippen LogP contribution is 2.17. The van der Waals surface area contributed by atoms with E-state index in [-0.39, 0.29) is 16.0 Å². The molecule has 0 aliphatic carbocycles. The van der Waals surface area contributed by atoms with Crippen molar-refractivity contribution in [2.45, 2.75) is 63.9 Å². The van der Waals surface area contributed by atoms with E-state index in [1.165, 1.54) is 6.07 Å². The third-order valence-corrected chi connectivity index (χ3v) is 6.83. The minimum atomic E-state index is -3.68. The third kappa shape index (κ3) is 6.69. The van der Waals surface area contributed by atoms with Gasteiger partial charge in [0.1, 0.15) is 10.3 Å². The summed E-state index contributed by atoms with van der Waals surface area (Å²) in [6.07, 6.45) is 0. The molecule has 144 valence electrons. The first-order valence-corrected chi connectivity index (χ1v) is 11.0. The van der Waals surface area contributed by atoms with Crippen molar-refractivity contribution >= 4 is 27.3 Å². The van der Waals surface area contributed by atoms with E-state index in [9.17, 15) is 13.2 Å². The van der Waals surface area contributed by atoms with Gasteiger partial charge in [-0.3, -0.25) is 9.69 Å². The molecule has 8 heteroatoms. The summed E-state index contributed by atoms with van der Waals surface area (Å²) in [5, 5.41) is 4.57. The average molecular weight is 390 g/mol. The zero-order valence-corrected chi connectivity index (χ0v) is 17.6. The Morgan fingerprint density at radius 1 is 1.16 bits per heavy atom. The Balaban J connectivity index is 2.69. The van der Waals surface area contributed by atoms with Crippen LogP contribution >= 0.6 is 11.3 Å². The highest BCUT2D eigenvalue weighted by molar-refractivity contribution is 7.91. The molecular weight excluding hydrogens is 358 g/mol. The molecule has 0 bridgehead atoms. The quantitative estimate of drug-likeness (QED) is 0.643. The van der Waals surface area contributed by atoms with E-state index in [0.29, 0.717) is 18.6 Å². The highest BCUT2D eigenvalue weighted by atomic mass is 32.2. The maximum absolute atomic E-state index is 12.5. The number of nitrogens with one attached hydrogen (secondary N) is 2. The minimum absolute atomic E-state index is 0.152. The smallest absolute Gasteiger partial charge is 0.250 e. The second-order valence-electron chi connectivity index (χ2n) is 6.99. The van der Waals surface area contributed by atoms with Crippen molar-refractivity contribution in [3.05, 3.63) is 17.5 Å². The standard InChI is InChI=1S/C17H31N3O3S2/c1-12(2)16(19-25(22,23)15-8-7-11-24-15)17(21)18-9-10-20(13(3)4)14(5)6/h7-8,11-14,16,19H,9-10H2,1-6H3,(H,18,21)/t16-/m1/s1. The maximum Gasteiger partial charge on any atom is 0.250 e. The number of carbonyl (C=O) groups excluding carboxylic acids is 1. The fourth-order valence-corrected chi connectivity index (χ4v) is 5.02. The molecule has 0 aliphatic rings. The molecule has 0 radical (unpaired) electrons. The molecule has 0 unspecified atom stereocenters. The van der Waals surface area contributed by atoms with Crippen molar-refractivity contribution in [2.75, 3.05) is 13.1 Å². The van der Waals surface area contributed by atoms with Crippen LogP contribution in [0, 0.1) is 5.92 Å². The number of rotatable bonds is 10. The van der Waals surface area contributed by atoms with E-state index in [0.717, 1.165) is 17.9 Å². The zero-order valence-electron chi connectivity index (χ0n) is 15.9. The lowest BCUT2D eigenvalue weighted by molar-refractivity contribution is -0.123. The molecule has 0 aliphatic heterocycles. The van der Waals surface area contributed by atoms with Gasteiger partial charge in [0.15, 0.2) is 0 Å². The fraction of sp³-hybridized carbons (Fsp3) is 0.706. The largest absolute Gasteiger partial charge is 0.353 e. The number of thiophene rings is 1. The van der Waals surface area contributed by atoms with Gasteiger partial charge < -0.3 is 5.32 Å². The van der Waals surface area contributed by atoms with Gasteiger partial charge in [-0.2, -0.15) is 4.72 Å². The highest BCUT2D eigenvalue weighted by Gasteiger charge is 2.28. The first-order valence-electron chi connectivity index (χ1n) is 8.65. The van der Waals surface area contributed by atoms with E-state index in [1.807, 2.05) is 13.8 Å². The number of nitrogens with zero attached hydrogens (tertiary/aromatic N) is 1. The van der Waals surface area contributed by atoms with Crippen LogP contribution in [0.4, 0.5) is 0 Å². The van der Waals surface area contributed by atoms with Crippen LogP contribution in [0.1, 0.15) is 41.5 Å². The van der Waals surface area contributed by atoms with Crippen LogP contribution in [0.25, 0.3) is 0 Å². The molecule has 1 aromatic heterocycles. The molecule has 0 spiro atoms. The Kier molecular flexibility index (Phi) is 8.53. The summed E-state index contributed by atoms with van der Waals surface area (Å²) in [5.74, 6) is -0.441. The molecule has 1 heterocycles. The topological polar surface area (TPSA) is 78.5 Å². The predicted molar refractivity (Wildman–Crippen MR) is 103 cm³/mol. The number of amides is 1. The first kappa shape index (κ1) is 22.1. The van der Waals surface area contributed by atoms with E-state index in [1.54, 1.807) is 11.4 Å². The molecule has 1 atom stereocenters. The van der Waals surface area contributed by atoms with E-state index in [2.05, 4.69) is 42.6 Å². The molecule has 0 saturated carbocycles. The maximum atomic E-state index is 12.5. The molecule has 1 aromatic rings. The summed E-state index contributed by atoms with van der Waals surface area (Å²) in [7, 11) is -3.68. The number of hydrogen-bond acceptors (Lipinski definition) is 5. The van der Waals surface area contributed by atoms with Crippen LogP contribution in [-0.2, 0) is 14.8 Å². The molecule has 0 fully saturated rings. The van der Waals surface area contributed by atoms with Gasteiger partial charge in [-0.1, -0.05) is 19.9 Å². The summed E-state index contributed by atoms with van der Waals surface area (Å²) < 4.78 is 27.5. The molecule has 6 nitrogen and oxygen atoms in total. The lowest BCUT2D eigenvalue weighted by Gasteiger charge is -2.31. The van der Waals surface area contributed by atoms with Gasteiger partial charge in [-0.25, -0.2) is 8.42 Å². The van der Waals surface area contributed by atoms with Crippen molar-refractivity contribution in [3.8, 4) is 0 Å². The van der Waals surface area contributed by atoms with E-state index < -0.39 is 16.1 Å². The average Bonchev–Trinajstić information content (AvgIpc) is 3.03. The van der Waals surface area contributed by atoms with Gasteiger partial charge in [-0.05, 0) is 45.1 Å². The Hall–Kier alpha value is -0.960. The molecule has 1 rings (SSSR count). The van der Waals surface area contributed by atoms with Crippen molar-refractivity contribution in [1.82, 2.24) is 14.9 Å². The molecule has 1 amide bonds. The summed E-state index contributed by atoms with van der Waals surface area (Å²) >= 11 is 1.13. The Labute approximate surface area is 156 Å². The normalized spacial score (nSPS) is 13.8. The SMILES string of the molecule is CC(C)[C@@H](NS(=O)(=O)c1cccs1)C(=O)NCCN(C(C)C)C(C)C. The molecule has 0 aromatic carbocycles. The molecule has 25 heavy (non-hydrogen) atoms. The lowest BCUT2D eigenvalue weighted by atomic mass is 10.1. The third-order valence-electron chi connectivity index (χ3n) is 3.99. The Morgan fingerprint density at radius 2 is 1.76 bits per heavy atom. The summed E-state index contributed by atoms with van der Waals surface area (Å²) in [5.41, 5.74) is 0.